The van der Waals surface area contributed by atoms with Crippen LogP contribution in [0.3, 0.4) is 0 Å². The first-order chi connectivity index (χ1) is 12.5. The predicted molar refractivity (Wildman–Crippen MR) is 103 cm³/mol. The number of carbonyl (C=O) groups is 1. The minimum atomic E-state index is -0.347. The van der Waals surface area contributed by atoms with Gasteiger partial charge in [-0.2, -0.15) is 0 Å². The monoisotopic (exact) mass is 407 g/mol. The molecule has 0 aliphatic carbocycles. The zero-order valence-electron chi connectivity index (χ0n) is 13.5. The van der Waals surface area contributed by atoms with E-state index in [0.717, 1.165) is 0 Å². The Morgan fingerprint density at radius 3 is 2.46 bits per heavy atom. The third kappa shape index (κ3) is 4.07. The third-order valence-corrected chi connectivity index (χ3v) is 4.19. The van der Waals surface area contributed by atoms with Gasteiger partial charge >= 0.3 is 0 Å². The third-order valence-electron chi connectivity index (χ3n) is 3.50. The van der Waals surface area contributed by atoms with Gasteiger partial charge in [0.05, 0.1) is 17.8 Å². The van der Waals surface area contributed by atoms with Crippen LogP contribution in [-0.4, -0.2) is 23.0 Å². The Morgan fingerprint density at radius 2 is 1.81 bits per heavy atom. The Hall–Kier alpha value is -2.34. The molecule has 0 atom stereocenters. The van der Waals surface area contributed by atoms with E-state index in [2.05, 4.69) is 15.3 Å². The molecule has 0 unspecified atom stereocenters. The van der Waals surface area contributed by atoms with Crippen molar-refractivity contribution in [1.29, 1.82) is 0 Å². The molecule has 0 radical (unpaired) electrons. The maximum absolute atomic E-state index is 12.5. The number of benzene rings is 1. The average Bonchev–Trinajstić information content (AvgIpc) is 2.60. The maximum Gasteiger partial charge on any atom is 0.255 e. The summed E-state index contributed by atoms with van der Waals surface area (Å²) in [5, 5.41) is 3.58. The van der Waals surface area contributed by atoms with Crippen molar-refractivity contribution in [3.05, 3.63) is 69.6 Å². The van der Waals surface area contributed by atoms with Gasteiger partial charge in [-0.1, -0.05) is 34.8 Å². The molecule has 8 heteroatoms. The van der Waals surface area contributed by atoms with Crippen molar-refractivity contribution in [2.75, 3.05) is 12.4 Å². The normalized spacial score (nSPS) is 10.5. The largest absolute Gasteiger partial charge is 0.496 e. The number of hydrogen-bond acceptors (Lipinski definition) is 4. The van der Waals surface area contributed by atoms with E-state index in [-0.39, 0.29) is 16.2 Å². The molecular weight excluding hydrogens is 397 g/mol. The molecule has 0 bridgehead atoms. The Balaban J connectivity index is 1.91. The van der Waals surface area contributed by atoms with Crippen LogP contribution in [0.5, 0.6) is 5.75 Å². The lowest BCUT2D eigenvalue weighted by Crippen LogP contribution is -2.12. The van der Waals surface area contributed by atoms with Gasteiger partial charge in [-0.25, -0.2) is 4.98 Å². The maximum atomic E-state index is 12.5. The van der Waals surface area contributed by atoms with Crippen LogP contribution >= 0.6 is 34.8 Å². The van der Waals surface area contributed by atoms with Crippen LogP contribution in [0.15, 0.2) is 48.7 Å². The van der Waals surface area contributed by atoms with Crippen LogP contribution in [0.2, 0.25) is 15.3 Å². The van der Waals surface area contributed by atoms with Crippen LogP contribution in [0.4, 0.5) is 5.69 Å². The molecule has 2 heterocycles. The molecule has 0 saturated carbocycles. The number of pyridine rings is 2. The molecule has 0 saturated heterocycles. The minimum Gasteiger partial charge on any atom is -0.496 e. The first-order valence-electron chi connectivity index (χ1n) is 7.41. The summed E-state index contributed by atoms with van der Waals surface area (Å²) in [6.07, 6.45) is 1.64. The van der Waals surface area contributed by atoms with E-state index in [4.69, 9.17) is 39.5 Å². The quantitative estimate of drug-likeness (QED) is 0.590. The second kappa shape index (κ2) is 7.91. The fourth-order valence-electron chi connectivity index (χ4n) is 2.35. The summed E-state index contributed by atoms with van der Waals surface area (Å²) in [7, 11) is 1.51. The summed E-state index contributed by atoms with van der Waals surface area (Å²) in [5.74, 6) is 0.129. The van der Waals surface area contributed by atoms with Crippen molar-refractivity contribution in [2.45, 2.75) is 0 Å². The smallest absolute Gasteiger partial charge is 0.255 e. The molecule has 132 valence electrons. The van der Waals surface area contributed by atoms with E-state index >= 15 is 0 Å². The number of methoxy groups -OCH3 is 1. The number of aromatic nitrogens is 2. The van der Waals surface area contributed by atoms with Gasteiger partial charge in [0.1, 0.15) is 16.1 Å². The van der Waals surface area contributed by atoms with Crippen LogP contribution in [0, 0.1) is 0 Å². The second-order valence-electron chi connectivity index (χ2n) is 5.20. The molecule has 1 N–H and O–H groups in total. The highest BCUT2D eigenvalue weighted by atomic mass is 35.5. The summed E-state index contributed by atoms with van der Waals surface area (Å²) in [6.45, 7) is 0. The van der Waals surface area contributed by atoms with Crippen molar-refractivity contribution >= 4 is 46.4 Å². The van der Waals surface area contributed by atoms with Gasteiger partial charge in [-0.3, -0.25) is 9.78 Å². The molecule has 3 aromatic rings. The number of amides is 1. The molecule has 5 nitrogen and oxygen atoms in total. The zero-order valence-corrected chi connectivity index (χ0v) is 15.7. The standard InChI is InChI=1S/C18H12Cl3N3O2/c1-26-14-7-10(4-5-12(14)17-13(19)3-2-6-22-17)18(25)23-11-8-15(20)24-16(21)9-11/h2-9H,1H3,(H,23,24,25). The number of nitrogens with one attached hydrogen (secondary N) is 1. The molecule has 0 aliphatic heterocycles. The number of anilines is 1. The Labute approximate surface area is 164 Å². The van der Waals surface area contributed by atoms with Gasteiger partial charge < -0.3 is 10.1 Å². The van der Waals surface area contributed by atoms with Crippen LogP contribution in [0.1, 0.15) is 10.4 Å². The Morgan fingerprint density at radius 1 is 1.08 bits per heavy atom. The molecule has 3 rings (SSSR count). The lowest BCUT2D eigenvalue weighted by Gasteiger charge is -2.12. The van der Waals surface area contributed by atoms with Crippen molar-refractivity contribution in [3.63, 3.8) is 0 Å². The van der Waals surface area contributed by atoms with E-state index in [1.807, 2.05) is 0 Å². The first kappa shape index (κ1) is 18.5. The summed E-state index contributed by atoms with van der Waals surface area (Å²) in [6, 6.07) is 11.5. The number of hydrogen-bond donors (Lipinski definition) is 1. The highest BCUT2D eigenvalue weighted by Crippen LogP contribution is 2.34. The molecule has 0 aliphatic rings. The lowest BCUT2D eigenvalue weighted by molar-refractivity contribution is 0.102. The Kier molecular flexibility index (Phi) is 5.61. The summed E-state index contributed by atoms with van der Waals surface area (Å²) < 4.78 is 5.40. The zero-order chi connectivity index (χ0) is 18.7. The van der Waals surface area contributed by atoms with Gasteiger partial charge in [0.25, 0.3) is 5.91 Å². The number of nitrogens with zero attached hydrogens (tertiary/aromatic N) is 2. The van der Waals surface area contributed by atoms with Crippen molar-refractivity contribution in [1.82, 2.24) is 9.97 Å². The van der Waals surface area contributed by atoms with Gasteiger partial charge in [-0.05, 0) is 42.5 Å². The van der Waals surface area contributed by atoms with Crippen molar-refractivity contribution < 1.29 is 9.53 Å². The van der Waals surface area contributed by atoms with Gasteiger partial charge in [0.2, 0.25) is 0 Å². The highest BCUT2D eigenvalue weighted by Gasteiger charge is 2.15. The van der Waals surface area contributed by atoms with Gasteiger partial charge in [0, 0.05) is 23.0 Å². The van der Waals surface area contributed by atoms with E-state index in [1.54, 1.807) is 36.5 Å². The molecule has 1 aromatic carbocycles. The number of ether oxygens (including phenoxy) is 1. The molecule has 0 spiro atoms. The number of halogens is 3. The van der Waals surface area contributed by atoms with Gasteiger partial charge in [0.15, 0.2) is 0 Å². The molecule has 1 amide bonds. The van der Waals surface area contributed by atoms with E-state index in [9.17, 15) is 4.79 Å². The minimum absolute atomic E-state index is 0.186. The first-order valence-corrected chi connectivity index (χ1v) is 8.54. The fraction of sp³-hybridized carbons (Fsp3) is 0.0556. The summed E-state index contributed by atoms with van der Waals surface area (Å²) in [5.41, 5.74) is 2.09. The van der Waals surface area contributed by atoms with E-state index in [0.29, 0.717) is 33.3 Å². The van der Waals surface area contributed by atoms with E-state index < -0.39 is 0 Å². The van der Waals surface area contributed by atoms with Crippen LogP contribution in [-0.2, 0) is 0 Å². The second-order valence-corrected chi connectivity index (χ2v) is 6.39. The van der Waals surface area contributed by atoms with E-state index in [1.165, 1.54) is 19.2 Å². The van der Waals surface area contributed by atoms with Crippen molar-refractivity contribution in [2.24, 2.45) is 0 Å². The van der Waals surface area contributed by atoms with Crippen molar-refractivity contribution in [3.8, 4) is 17.0 Å². The van der Waals surface area contributed by atoms with Crippen LogP contribution < -0.4 is 10.1 Å². The molecule has 26 heavy (non-hydrogen) atoms. The SMILES string of the molecule is COc1cc(C(=O)Nc2cc(Cl)nc(Cl)c2)ccc1-c1ncccc1Cl. The van der Waals surface area contributed by atoms with Crippen LogP contribution in [0.25, 0.3) is 11.3 Å². The number of carbonyl (C=O) groups excluding carboxylic acids is 1. The molecule has 0 fully saturated rings. The fourth-order valence-corrected chi connectivity index (χ4v) is 3.04. The lowest BCUT2D eigenvalue weighted by atomic mass is 10.1. The summed E-state index contributed by atoms with van der Waals surface area (Å²) >= 11 is 17.9. The highest BCUT2D eigenvalue weighted by molar-refractivity contribution is 6.33. The molecular formula is C18H12Cl3N3O2. The molecule has 2 aromatic heterocycles. The van der Waals surface area contributed by atoms with Gasteiger partial charge in [-0.15, -0.1) is 0 Å². The topological polar surface area (TPSA) is 64.1 Å². The Bertz CT molecular complexity index is 959. The number of rotatable bonds is 4. The predicted octanol–water partition coefficient (Wildman–Crippen LogP) is 5.36. The summed E-state index contributed by atoms with van der Waals surface area (Å²) in [4.78, 5) is 20.6. The average molecular weight is 409 g/mol.